The van der Waals surface area contributed by atoms with Gasteiger partial charge in [0.15, 0.2) is 17.5 Å². The van der Waals surface area contributed by atoms with Gasteiger partial charge in [-0.2, -0.15) is 0 Å². The molecule has 1 heterocycles. The Morgan fingerprint density at radius 3 is 2.60 bits per heavy atom. The molecule has 0 saturated carbocycles. The van der Waals surface area contributed by atoms with Crippen molar-refractivity contribution >= 4 is 6.09 Å². The highest BCUT2D eigenvalue weighted by molar-refractivity contribution is 5.70. The van der Waals surface area contributed by atoms with Gasteiger partial charge in [-0.1, -0.05) is 6.07 Å². The number of alkyl carbamates (subject to hydrolysis) is 1. The predicted octanol–water partition coefficient (Wildman–Crippen LogP) is 1.88. The molecule has 1 N–H and O–H groups in total. The van der Waals surface area contributed by atoms with Crippen LogP contribution in [0.2, 0.25) is 0 Å². The second-order valence-corrected chi connectivity index (χ2v) is 3.06. The van der Waals surface area contributed by atoms with Gasteiger partial charge < -0.3 is 10.1 Å². The molecule has 1 saturated heterocycles. The standard InChI is InChI=1S/C9H6F3NO2/c10-5-2-1-4(7(11)8(5)12)6-3-15-9(14)13-6/h1-2,6H,3H2,(H,13,14)/t6-/m1/s1. The van der Waals surface area contributed by atoms with Crippen LogP contribution in [0.3, 0.4) is 0 Å². The van der Waals surface area contributed by atoms with E-state index in [0.717, 1.165) is 12.1 Å². The molecule has 0 radical (unpaired) electrons. The van der Waals surface area contributed by atoms with Crippen LogP contribution >= 0.6 is 0 Å². The van der Waals surface area contributed by atoms with E-state index in [-0.39, 0.29) is 12.2 Å². The summed E-state index contributed by atoms with van der Waals surface area (Å²) in [6.45, 7) is -0.0964. The summed E-state index contributed by atoms with van der Waals surface area (Å²) < 4.78 is 43.2. The normalized spacial score (nSPS) is 19.9. The Bertz CT molecular complexity index is 422. The summed E-state index contributed by atoms with van der Waals surface area (Å²) in [5.41, 5.74) is -0.125. The lowest BCUT2D eigenvalue weighted by Crippen LogP contribution is -2.20. The maximum absolute atomic E-state index is 13.2. The molecule has 1 aromatic rings. The summed E-state index contributed by atoms with van der Waals surface area (Å²) in [6, 6.07) is 1.11. The lowest BCUT2D eigenvalue weighted by atomic mass is 10.1. The number of nitrogens with one attached hydrogen (secondary N) is 1. The number of halogens is 3. The second-order valence-electron chi connectivity index (χ2n) is 3.06. The Hall–Kier alpha value is -1.72. The number of amides is 1. The van der Waals surface area contributed by atoms with Crippen molar-refractivity contribution in [2.24, 2.45) is 0 Å². The summed E-state index contributed by atoms with van der Waals surface area (Å²) in [7, 11) is 0. The SMILES string of the molecule is O=C1N[C@@H](c2ccc(F)c(F)c2F)CO1. The fourth-order valence-corrected chi connectivity index (χ4v) is 1.36. The van der Waals surface area contributed by atoms with Crippen LogP contribution in [0.25, 0.3) is 0 Å². The van der Waals surface area contributed by atoms with Crippen LogP contribution in [0.1, 0.15) is 11.6 Å². The van der Waals surface area contributed by atoms with Crippen molar-refractivity contribution < 1.29 is 22.7 Å². The van der Waals surface area contributed by atoms with Gasteiger partial charge in [0.1, 0.15) is 6.61 Å². The molecule has 15 heavy (non-hydrogen) atoms. The topological polar surface area (TPSA) is 38.3 Å². The molecule has 1 amide bonds. The Kier molecular flexibility index (Phi) is 2.26. The van der Waals surface area contributed by atoms with Crippen LogP contribution in [-0.2, 0) is 4.74 Å². The Labute approximate surface area is 82.8 Å². The van der Waals surface area contributed by atoms with Crippen LogP contribution in [0.5, 0.6) is 0 Å². The first-order valence-electron chi connectivity index (χ1n) is 4.16. The number of benzene rings is 1. The third kappa shape index (κ3) is 1.62. The molecule has 2 rings (SSSR count). The summed E-state index contributed by atoms with van der Waals surface area (Å²) in [5, 5.41) is 2.27. The maximum Gasteiger partial charge on any atom is 0.407 e. The lowest BCUT2D eigenvalue weighted by Gasteiger charge is -2.09. The highest BCUT2D eigenvalue weighted by Crippen LogP contribution is 2.24. The minimum Gasteiger partial charge on any atom is -0.447 e. The highest BCUT2D eigenvalue weighted by Gasteiger charge is 2.28. The van der Waals surface area contributed by atoms with Crippen LogP contribution in [0.4, 0.5) is 18.0 Å². The van der Waals surface area contributed by atoms with E-state index in [9.17, 15) is 18.0 Å². The van der Waals surface area contributed by atoms with Gasteiger partial charge in [0.2, 0.25) is 0 Å². The molecule has 0 aromatic heterocycles. The lowest BCUT2D eigenvalue weighted by molar-refractivity contribution is 0.176. The molecule has 1 atom stereocenters. The quantitative estimate of drug-likeness (QED) is 0.729. The van der Waals surface area contributed by atoms with Crippen LogP contribution in [0, 0.1) is 17.5 Å². The molecule has 3 nitrogen and oxygen atoms in total. The van der Waals surface area contributed by atoms with Gasteiger partial charge >= 0.3 is 6.09 Å². The first-order valence-corrected chi connectivity index (χ1v) is 4.16. The second kappa shape index (κ2) is 3.45. The first-order chi connectivity index (χ1) is 7.09. The van der Waals surface area contributed by atoms with Crippen LogP contribution in [0.15, 0.2) is 12.1 Å². The van der Waals surface area contributed by atoms with Crippen molar-refractivity contribution in [2.75, 3.05) is 6.61 Å². The number of cyclic esters (lactones) is 1. The molecular formula is C9H6F3NO2. The minimum absolute atomic E-state index is 0.0964. The summed E-state index contributed by atoms with van der Waals surface area (Å²) in [5.74, 6) is -4.11. The number of ether oxygens (including phenoxy) is 1. The smallest absolute Gasteiger partial charge is 0.407 e. The average Bonchev–Trinajstić information content (AvgIpc) is 2.61. The molecule has 0 unspecified atom stereocenters. The Balaban J connectivity index is 2.37. The van der Waals surface area contributed by atoms with E-state index in [1.165, 1.54) is 0 Å². The molecule has 1 aliphatic rings. The van der Waals surface area contributed by atoms with E-state index in [4.69, 9.17) is 0 Å². The number of carbonyl (C=O) groups is 1. The fraction of sp³-hybridized carbons (Fsp3) is 0.222. The first kappa shape index (κ1) is 9.82. The van der Waals surface area contributed by atoms with E-state index in [1.807, 2.05) is 0 Å². The largest absolute Gasteiger partial charge is 0.447 e. The zero-order valence-electron chi connectivity index (χ0n) is 7.39. The van der Waals surface area contributed by atoms with E-state index in [1.54, 1.807) is 0 Å². The van der Waals surface area contributed by atoms with E-state index in [0.29, 0.717) is 0 Å². The van der Waals surface area contributed by atoms with E-state index < -0.39 is 29.6 Å². The van der Waals surface area contributed by atoms with E-state index in [2.05, 4.69) is 10.1 Å². The van der Waals surface area contributed by atoms with Crippen molar-refractivity contribution in [3.05, 3.63) is 35.1 Å². The Morgan fingerprint density at radius 1 is 1.27 bits per heavy atom. The zero-order chi connectivity index (χ0) is 11.0. The Morgan fingerprint density at radius 2 is 2.00 bits per heavy atom. The van der Waals surface area contributed by atoms with E-state index >= 15 is 0 Å². The van der Waals surface area contributed by atoms with Gasteiger partial charge in [0.25, 0.3) is 0 Å². The van der Waals surface area contributed by atoms with Gasteiger partial charge in [0.05, 0.1) is 6.04 Å². The predicted molar refractivity (Wildman–Crippen MR) is 43.5 cm³/mol. The molecule has 0 aliphatic carbocycles. The molecule has 0 spiro atoms. The minimum atomic E-state index is -1.55. The van der Waals surface area contributed by atoms with Crippen molar-refractivity contribution in [1.82, 2.24) is 5.32 Å². The number of carbonyl (C=O) groups excluding carboxylic acids is 1. The molecular weight excluding hydrogens is 211 g/mol. The summed E-state index contributed by atoms with van der Waals surface area (Å²) in [6.07, 6.45) is -0.705. The number of hydrogen-bond donors (Lipinski definition) is 1. The molecule has 1 aliphatic heterocycles. The van der Waals surface area contributed by atoms with Gasteiger partial charge in [-0.15, -0.1) is 0 Å². The summed E-state index contributed by atoms with van der Waals surface area (Å²) in [4.78, 5) is 10.7. The molecule has 80 valence electrons. The monoisotopic (exact) mass is 217 g/mol. The molecule has 0 bridgehead atoms. The molecule has 1 aromatic carbocycles. The van der Waals surface area contributed by atoms with Crippen molar-refractivity contribution in [2.45, 2.75) is 6.04 Å². The zero-order valence-corrected chi connectivity index (χ0v) is 7.39. The van der Waals surface area contributed by atoms with Gasteiger partial charge in [-0.25, -0.2) is 18.0 Å². The van der Waals surface area contributed by atoms with Gasteiger partial charge in [-0.3, -0.25) is 0 Å². The van der Waals surface area contributed by atoms with Crippen molar-refractivity contribution in [3.8, 4) is 0 Å². The van der Waals surface area contributed by atoms with Crippen molar-refractivity contribution in [3.63, 3.8) is 0 Å². The fourth-order valence-electron chi connectivity index (χ4n) is 1.36. The van der Waals surface area contributed by atoms with Crippen LogP contribution in [-0.4, -0.2) is 12.7 Å². The van der Waals surface area contributed by atoms with Gasteiger partial charge in [0, 0.05) is 5.56 Å². The number of hydrogen-bond acceptors (Lipinski definition) is 2. The summed E-state index contributed by atoms with van der Waals surface area (Å²) >= 11 is 0. The highest BCUT2D eigenvalue weighted by atomic mass is 19.2. The third-order valence-corrected chi connectivity index (χ3v) is 2.11. The number of rotatable bonds is 1. The van der Waals surface area contributed by atoms with Gasteiger partial charge in [-0.05, 0) is 6.07 Å². The average molecular weight is 217 g/mol. The van der Waals surface area contributed by atoms with Crippen LogP contribution < -0.4 is 5.32 Å². The maximum atomic E-state index is 13.2. The van der Waals surface area contributed by atoms with Crippen molar-refractivity contribution in [1.29, 1.82) is 0 Å². The molecule has 6 heteroatoms. The third-order valence-electron chi connectivity index (χ3n) is 2.11. The molecule has 1 fully saturated rings.